The molecule has 1 aromatic heterocycles. The fraction of sp³-hybridized carbons (Fsp3) is 0.300. The van der Waals surface area contributed by atoms with Gasteiger partial charge in [-0.1, -0.05) is 47.6 Å². The first kappa shape index (κ1) is 16.2. The van der Waals surface area contributed by atoms with Gasteiger partial charge in [-0.3, -0.25) is 4.79 Å². The molecule has 3 aromatic rings. The highest BCUT2D eigenvalue weighted by molar-refractivity contribution is 5.86. The van der Waals surface area contributed by atoms with Gasteiger partial charge >= 0.3 is 0 Å². The number of carbonyl (C=O) groups excluding carboxylic acids is 1. The van der Waals surface area contributed by atoms with Gasteiger partial charge in [-0.05, 0) is 43.5 Å². The Morgan fingerprint density at radius 3 is 2.67 bits per heavy atom. The molecule has 4 nitrogen and oxygen atoms in total. The van der Waals surface area contributed by atoms with Crippen molar-refractivity contribution in [2.24, 2.45) is 0 Å². The number of benzene rings is 2. The molecule has 1 atom stereocenters. The van der Waals surface area contributed by atoms with Gasteiger partial charge in [0.05, 0.1) is 11.7 Å². The molecular weight excluding hydrogens is 300 g/mol. The first-order valence-corrected chi connectivity index (χ1v) is 8.25. The van der Waals surface area contributed by atoms with E-state index >= 15 is 0 Å². The van der Waals surface area contributed by atoms with Crippen molar-refractivity contribution in [1.29, 1.82) is 0 Å². The van der Waals surface area contributed by atoms with Crippen LogP contribution in [0, 0.1) is 13.8 Å². The fourth-order valence-electron chi connectivity index (χ4n) is 3.12. The largest absolute Gasteiger partial charge is 0.361 e. The number of nitrogens with zero attached hydrogens (tertiary/aromatic N) is 1. The lowest BCUT2D eigenvalue weighted by atomic mass is 9.99. The first-order chi connectivity index (χ1) is 11.6. The Balaban J connectivity index is 1.68. The minimum Gasteiger partial charge on any atom is -0.361 e. The molecule has 4 heteroatoms. The van der Waals surface area contributed by atoms with Crippen LogP contribution in [0.25, 0.3) is 10.8 Å². The van der Waals surface area contributed by atoms with Crippen molar-refractivity contribution in [3.63, 3.8) is 0 Å². The van der Waals surface area contributed by atoms with Crippen LogP contribution in [0.2, 0.25) is 0 Å². The highest BCUT2D eigenvalue weighted by Gasteiger charge is 2.14. The summed E-state index contributed by atoms with van der Waals surface area (Å²) in [6, 6.07) is 14.4. The lowest BCUT2D eigenvalue weighted by Crippen LogP contribution is -2.27. The van der Waals surface area contributed by atoms with Crippen molar-refractivity contribution >= 4 is 16.7 Å². The maximum absolute atomic E-state index is 12.3. The van der Waals surface area contributed by atoms with E-state index in [1.165, 1.54) is 10.8 Å². The van der Waals surface area contributed by atoms with E-state index in [9.17, 15) is 4.79 Å². The van der Waals surface area contributed by atoms with E-state index in [0.717, 1.165) is 22.6 Å². The lowest BCUT2D eigenvalue weighted by molar-refractivity contribution is -0.121. The number of hydrogen-bond acceptors (Lipinski definition) is 3. The second kappa shape index (κ2) is 6.87. The summed E-state index contributed by atoms with van der Waals surface area (Å²) in [5.41, 5.74) is 3.03. The minimum atomic E-state index is -0.0340. The number of hydrogen-bond donors (Lipinski definition) is 1. The SMILES string of the molecule is Cc1noc(C)c1CCC(=O)NC(C)c1cccc2ccccc12. The molecule has 0 fully saturated rings. The zero-order chi connectivity index (χ0) is 17.1. The van der Waals surface area contributed by atoms with Crippen LogP contribution in [0.5, 0.6) is 0 Å². The Morgan fingerprint density at radius 1 is 1.17 bits per heavy atom. The first-order valence-electron chi connectivity index (χ1n) is 8.25. The molecule has 0 saturated carbocycles. The molecule has 0 aliphatic carbocycles. The molecular formula is C20H22N2O2. The second-order valence-corrected chi connectivity index (χ2v) is 6.16. The standard InChI is InChI=1S/C20H22N2O2/c1-13(18-10-6-8-16-7-4-5-9-19(16)18)21-20(23)12-11-17-14(2)22-24-15(17)3/h4-10,13H,11-12H2,1-3H3,(H,21,23). The molecule has 0 radical (unpaired) electrons. The van der Waals surface area contributed by atoms with Crippen LogP contribution >= 0.6 is 0 Å². The van der Waals surface area contributed by atoms with Gasteiger partial charge in [-0.15, -0.1) is 0 Å². The van der Waals surface area contributed by atoms with Crippen molar-refractivity contribution in [3.05, 3.63) is 65.0 Å². The fourth-order valence-corrected chi connectivity index (χ4v) is 3.12. The van der Waals surface area contributed by atoms with E-state index in [0.29, 0.717) is 12.8 Å². The summed E-state index contributed by atoms with van der Waals surface area (Å²) in [5, 5.41) is 9.40. The molecule has 0 bridgehead atoms. The van der Waals surface area contributed by atoms with Gasteiger partial charge in [0.1, 0.15) is 5.76 Å². The molecule has 3 rings (SSSR count). The Kier molecular flexibility index (Phi) is 4.65. The van der Waals surface area contributed by atoms with Crippen molar-refractivity contribution in [2.45, 2.75) is 39.7 Å². The molecule has 0 saturated heterocycles. The molecule has 0 aliphatic heterocycles. The van der Waals surface area contributed by atoms with Gasteiger partial charge in [0, 0.05) is 12.0 Å². The predicted octanol–water partition coefficient (Wildman–Crippen LogP) is 4.25. The van der Waals surface area contributed by atoms with Crippen molar-refractivity contribution in [3.8, 4) is 0 Å². The molecule has 0 spiro atoms. The van der Waals surface area contributed by atoms with E-state index in [1.807, 2.05) is 39.0 Å². The third-order valence-electron chi connectivity index (χ3n) is 4.45. The highest BCUT2D eigenvalue weighted by atomic mass is 16.5. The lowest BCUT2D eigenvalue weighted by Gasteiger charge is -2.16. The molecule has 1 heterocycles. The van der Waals surface area contributed by atoms with Crippen molar-refractivity contribution in [1.82, 2.24) is 10.5 Å². The van der Waals surface area contributed by atoms with Crippen LogP contribution < -0.4 is 5.32 Å². The van der Waals surface area contributed by atoms with Gasteiger partial charge in [-0.2, -0.15) is 0 Å². The third-order valence-corrected chi connectivity index (χ3v) is 4.45. The molecule has 1 N–H and O–H groups in total. The van der Waals surface area contributed by atoms with E-state index in [4.69, 9.17) is 4.52 Å². The number of rotatable bonds is 5. The number of aryl methyl sites for hydroxylation is 2. The van der Waals surface area contributed by atoms with Crippen molar-refractivity contribution in [2.75, 3.05) is 0 Å². The van der Waals surface area contributed by atoms with Gasteiger partial charge in [-0.25, -0.2) is 0 Å². The third kappa shape index (κ3) is 3.32. The smallest absolute Gasteiger partial charge is 0.220 e. The Morgan fingerprint density at radius 2 is 1.92 bits per heavy atom. The monoisotopic (exact) mass is 322 g/mol. The summed E-state index contributed by atoms with van der Waals surface area (Å²) in [5.74, 6) is 0.831. The summed E-state index contributed by atoms with van der Waals surface area (Å²) in [4.78, 5) is 12.3. The zero-order valence-corrected chi connectivity index (χ0v) is 14.3. The van der Waals surface area contributed by atoms with Gasteiger partial charge in [0.2, 0.25) is 5.91 Å². The predicted molar refractivity (Wildman–Crippen MR) is 94.8 cm³/mol. The normalized spacial score (nSPS) is 12.3. The molecule has 1 amide bonds. The second-order valence-electron chi connectivity index (χ2n) is 6.16. The molecule has 124 valence electrons. The van der Waals surface area contributed by atoms with E-state index < -0.39 is 0 Å². The zero-order valence-electron chi connectivity index (χ0n) is 14.3. The van der Waals surface area contributed by atoms with E-state index in [-0.39, 0.29) is 11.9 Å². The Hall–Kier alpha value is -2.62. The molecule has 24 heavy (non-hydrogen) atoms. The van der Waals surface area contributed by atoms with Crippen LogP contribution in [0.3, 0.4) is 0 Å². The molecule has 0 aliphatic rings. The average Bonchev–Trinajstić information content (AvgIpc) is 2.90. The van der Waals surface area contributed by atoms with Gasteiger partial charge in [0.15, 0.2) is 0 Å². The molecule has 2 aromatic carbocycles. The quantitative estimate of drug-likeness (QED) is 0.764. The summed E-state index contributed by atoms with van der Waals surface area (Å²) < 4.78 is 5.14. The van der Waals surface area contributed by atoms with Crippen molar-refractivity contribution < 1.29 is 9.32 Å². The Labute approximate surface area is 141 Å². The average molecular weight is 322 g/mol. The maximum Gasteiger partial charge on any atom is 0.220 e. The summed E-state index contributed by atoms with van der Waals surface area (Å²) >= 11 is 0. The van der Waals surface area contributed by atoms with Crippen LogP contribution in [-0.2, 0) is 11.2 Å². The van der Waals surface area contributed by atoms with Crippen LogP contribution in [0.15, 0.2) is 47.0 Å². The summed E-state index contributed by atoms with van der Waals surface area (Å²) in [6.45, 7) is 5.81. The minimum absolute atomic E-state index is 0.0340. The summed E-state index contributed by atoms with van der Waals surface area (Å²) in [7, 11) is 0. The number of aromatic nitrogens is 1. The highest BCUT2D eigenvalue weighted by Crippen LogP contribution is 2.24. The number of carbonyl (C=O) groups is 1. The maximum atomic E-state index is 12.3. The van der Waals surface area contributed by atoms with Crippen LogP contribution in [0.1, 0.15) is 42.0 Å². The number of fused-ring (bicyclic) bond motifs is 1. The van der Waals surface area contributed by atoms with Gasteiger partial charge in [0.25, 0.3) is 0 Å². The van der Waals surface area contributed by atoms with Gasteiger partial charge < -0.3 is 9.84 Å². The van der Waals surface area contributed by atoms with Crippen LogP contribution in [-0.4, -0.2) is 11.1 Å². The van der Waals surface area contributed by atoms with Crippen LogP contribution in [0.4, 0.5) is 0 Å². The molecule has 1 unspecified atom stereocenters. The Bertz CT molecular complexity index is 842. The topological polar surface area (TPSA) is 55.1 Å². The summed E-state index contributed by atoms with van der Waals surface area (Å²) in [6.07, 6.45) is 1.08. The number of amides is 1. The van der Waals surface area contributed by atoms with E-state index in [2.05, 4.69) is 34.7 Å². The number of nitrogens with one attached hydrogen (secondary N) is 1. The van der Waals surface area contributed by atoms with E-state index in [1.54, 1.807) is 0 Å².